The number of benzene rings is 1. The van der Waals surface area contributed by atoms with Gasteiger partial charge in [0.25, 0.3) is 0 Å². The van der Waals surface area contributed by atoms with Crippen LogP contribution in [0.1, 0.15) is 23.0 Å². The van der Waals surface area contributed by atoms with Crippen LogP contribution < -0.4 is 0 Å². The molecule has 0 amide bonds. The van der Waals surface area contributed by atoms with Crippen LogP contribution in [0.3, 0.4) is 0 Å². The van der Waals surface area contributed by atoms with E-state index in [9.17, 15) is 4.79 Å². The maximum Gasteiger partial charge on any atom is 0.341 e. The number of esters is 1. The van der Waals surface area contributed by atoms with Crippen LogP contribution in [-0.4, -0.2) is 29.3 Å². The minimum Gasteiger partial charge on any atom is -0.465 e. The molecule has 0 bridgehead atoms. The largest absolute Gasteiger partial charge is 0.465 e. The molecule has 1 aromatic heterocycles. The molecule has 0 N–H and O–H groups in total. The molecule has 0 aliphatic heterocycles. The Bertz CT molecular complexity index is 703. The monoisotopic (exact) mass is 356 g/mol. The minimum absolute atomic E-state index is 0.348. The first-order valence-electron chi connectivity index (χ1n) is 6.49. The molecule has 0 spiro atoms. The van der Waals surface area contributed by atoms with Crippen molar-refractivity contribution in [3.05, 3.63) is 39.5 Å². The van der Waals surface area contributed by atoms with E-state index in [1.54, 1.807) is 18.2 Å². The SMILES string of the molecule is CCc1nc(SC)nc(-c2cc(Cl)cc(Cl)c2)c1C(=O)OC. The first kappa shape index (κ1) is 17.1. The van der Waals surface area contributed by atoms with Crippen molar-refractivity contribution in [3.63, 3.8) is 0 Å². The number of ether oxygens (including phenoxy) is 1. The average Bonchev–Trinajstić information content (AvgIpc) is 2.51. The van der Waals surface area contributed by atoms with Crippen LogP contribution in [0.4, 0.5) is 0 Å². The maximum atomic E-state index is 12.2. The Morgan fingerprint density at radius 3 is 2.36 bits per heavy atom. The van der Waals surface area contributed by atoms with Gasteiger partial charge in [-0.15, -0.1) is 0 Å². The number of halogens is 2. The van der Waals surface area contributed by atoms with Crippen LogP contribution in [0.5, 0.6) is 0 Å². The number of aromatic nitrogens is 2. The van der Waals surface area contributed by atoms with Crippen molar-refractivity contribution in [1.82, 2.24) is 9.97 Å². The third kappa shape index (κ3) is 3.54. The molecule has 0 aliphatic rings. The van der Waals surface area contributed by atoms with Crippen LogP contribution in [0, 0.1) is 0 Å². The van der Waals surface area contributed by atoms with Gasteiger partial charge in [0.05, 0.1) is 18.5 Å². The molecule has 0 unspecified atom stereocenters. The normalized spacial score (nSPS) is 10.6. The Morgan fingerprint density at radius 1 is 1.23 bits per heavy atom. The second kappa shape index (κ2) is 7.31. The summed E-state index contributed by atoms with van der Waals surface area (Å²) < 4.78 is 4.88. The number of hydrogen-bond acceptors (Lipinski definition) is 5. The highest BCUT2D eigenvalue weighted by atomic mass is 35.5. The molecule has 116 valence electrons. The molecule has 2 aromatic rings. The van der Waals surface area contributed by atoms with Gasteiger partial charge >= 0.3 is 5.97 Å². The van der Waals surface area contributed by atoms with Crippen molar-refractivity contribution in [2.45, 2.75) is 18.5 Å². The zero-order valence-electron chi connectivity index (χ0n) is 12.3. The summed E-state index contributed by atoms with van der Waals surface area (Å²) in [4.78, 5) is 21.0. The van der Waals surface area contributed by atoms with E-state index in [0.29, 0.717) is 44.1 Å². The predicted octanol–water partition coefficient (Wildman–Crippen LogP) is 4.52. The first-order chi connectivity index (χ1) is 10.5. The van der Waals surface area contributed by atoms with Crippen molar-refractivity contribution in [3.8, 4) is 11.3 Å². The summed E-state index contributed by atoms with van der Waals surface area (Å²) in [5.41, 5.74) is 2.12. The Kier molecular flexibility index (Phi) is 5.67. The van der Waals surface area contributed by atoms with E-state index >= 15 is 0 Å². The fourth-order valence-electron chi connectivity index (χ4n) is 2.05. The molecule has 0 aliphatic carbocycles. The summed E-state index contributed by atoms with van der Waals surface area (Å²) in [5, 5.41) is 1.52. The Labute approximate surface area is 143 Å². The Hall–Kier alpha value is -1.30. The number of methoxy groups -OCH3 is 1. The van der Waals surface area contributed by atoms with Gasteiger partial charge in [-0.2, -0.15) is 0 Å². The molecule has 7 heteroatoms. The molecule has 0 radical (unpaired) electrons. The number of carbonyl (C=O) groups is 1. The summed E-state index contributed by atoms with van der Waals surface area (Å²) >= 11 is 13.5. The molecule has 0 saturated carbocycles. The molecule has 1 aromatic carbocycles. The number of rotatable bonds is 4. The molecule has 0 atom stereocenters. The standard InChI is InChI=1S/C15H14Cl2N2O2S/c1-4-11-12(14(20)21-2)13(19-15(18-11)22-3)8-5-9(16)7-10(17)6-8/h5-7H,4H2,1-3H3. The van der Waals surface area contributed by atoms with Crippen LogP contribution in [0.15, 0.2) is 23.4 Å². The fraction of sp³-hybridized carbons (Fsp3) is 0.267. The van der Waals surface area contributed by atoms with E-state index in [1.807, 2.05) is 13.2 Å². The number of thioether (sulfide) groups is 1. The van der Waals surface area contributed by atoms with Crippen molar-refractivity contribution < 1.29 is 9.53 Å². The zero-order chi connectivity index (χ0) is 16.3. The van der Waals surface area contributed by atoms with Crippen LogP contribution in [0.25, 0.3) is 11.3 Å². The lowest BCUT2D eigenvalue weighted by atomic mass is 10.0. The summed E-state index contributed by atoms with van der Waals surface area (Å²) in [6.07, 6.45) is 2.46. The topological polar surface area (TPSA) is 52.1 Å². The van der Waals surface area contributed by atoms with Gasteiger partial charge < -0.3 is 4.74 Å². The van der Waals surface area contributed by atoms with Gasteiger partial charge in [-0.25, -0.2) is 14.8 Å². The summed E-state index contributed by atoms with van der Waals surface area (Å²) in [6, 6.07) is 5.05. The first-order valence-corrected chi connectivity index (χ1v) is 8.47. The quantitative estimate of drug-likeness (QED) is 0.457. The second-order valence-electron chi connectivity index (χ2n) is 4.38. The van der Waals surface area contributed by atoms with Crippen LogP contribution in [-0.2, 0) is 11.2 Å². The van der Waals surface area contributed by atoms with Gasteiger partial charge in [-0.05, 0) is 30.9 Å². The van der Waals surface area contributed by atoms with Gasteiger partial charge in [0.2, 0.25) is 0 Å². The van der Waals surface area contributed by atoms with Gasteiger partial charge in [-0.3, -0.25) is 0 Å². The Balaban J connectivity index is 2.78. The molecule has 4 nitrogen and oxygen atoms in total. The highest BCUT2D eigenvalue weighted by Gasteiger charge is 2.22. The van der Waals surface area contributed by atoms with Gasteiger partial charge in [0.15, 0.2) is 5.16 Å². The molecule has 1 heterocycles. The number of nitrogens with zero attached hydrogens (tertiary/aromatic N) is 2. The lowest BCUT2D eigenvalue weighted by Gasteiger charge is -2.13. The van der Waals surface area contributed by atoms with Gasteiger partial charge in [0, 0.05) is 15.6 Å². The van der Waals surface area contributed by atoms with Crippen molar-refractivity contribution in [2.24, 2.45) is 0 Å². The van der Waals surface area contributed by atoms with E-state index in [-0.39, 0.29) is 0 Å². The average molecular weight is 357 g/mol. The maximum absolute atomic E-state index is 12.2. The third-order valence-corrected chi connectivity index (χ3v) is 3.99. The van der Waals surface area contributed by atoms with Crippen molar-refractivity contribution >= 4 is 40.9 Å². The lowest BCUT2D eigenvalue weighted by Crippen LogP contribution is -2.12. The van der Waals surface area contributed by atoms with Gasteiger partial charge in [0.1, 0.15) is 5.56 Å². The highest BCUT2D eigenvalue weighted by Crippen LogP contribution is 2.31. The number of hydrogen-bond donors (Lipinski definition) is 0. The van der Waals surface area contributed by atoms with E-state index in [2.05, 4.69) is 9.97 Å². The van der Waals surface area contributed by atoms with E-state index < -0.39 is 5.97 Å². The summed E-state index contributed by atoms with van der Waals surface area (Å²) in [6.45, 7) is 1.92. The second-order valence-corrected chi connectivity index (χ2v) is 6.03. The smallest absolute Gasteiger partial charge is 0.341 e. The van der Waals surface area contributed by atoms with Gasteiger partial charge in [-0.1, -0.05) is 41.9 Å². The third-order valence-electron chi connectivity index (χ3n) is 3.01. The molecule has 0 fully saturated rings. The number of aryl methyl sites for hydroxylation is 1. The fourth-order valence-corrected chi connectivity index (χ4v) is 2.96. The van der Waals surface area contributed by atoms with E-state index in [1.165, 1.54) is 18.9 Å². The molecule has 22 heavy (non-hydrogen) atoms. The van der Waals surface area contributed by atoms with Crippen molar-refractivity contribution in [1.29, 1.82) is 0 Å². The zero-order valence-corrected chi connectivity index (χ0v) is 14.6. The molecular weight excluding hydrogens is 343 g/mol. The van der Waals surface area contributed by atoms with Crippen molar-refractivity contribution in [2.75, 3.05) is 13.4 Å². The minimum atomic E-state index is -0.476. The molecule has 2 rings (SSSR count). The van der Waals surface area contributed by atoms with Crippen LogP contribution in [0.2, 0.25) is 10.0 Å². The van der Waals surface area contributed by atoms with E-state index in [4.69, 9.17) is 27.9 Å². The predicted molar refractivity (Wildman–Crippen MR) is 90.0 cm³/mol. The Morgan fingerprint density at radius 2 is 1.86 bits per heavy atom. The highest BCUT2D eigenvalue weighted by molar-refractivity contribution is 7.98. The lowest BCUT2D eigenvalue weighted by molar-refractivity contribution is 0.0599. The molecule has 0 saturated heterocycles. The number of carbonyl (C=O) groups excluding carboxylic acids is 1. The van der Waals surface area contributed by atoms with Crippen LogP contribution >= 0.6 is 35.0 Å². The van der Waals surface area contributed by atoms with E-state index in [0.717, 1.165) is 0 Å². The molecular formula is C15H14Cl2N2O2S. The summed E-state index contributed by atoms with van der Waals surface area (Å²) in [5.74, 6) is -0.476. The summed E-state index contributed by atoms with van der Waals surface area (Å²) in [7, 11) is 1.33.